The first-order valence-electron chi connectivity index (χ1n) is 9.20. The van der Waals surface area contributed by atoms with Crippen LogP contribution in [0.4, 0.5) is 10.5 Å². The molecule has 0 aromatic heterocycles. The van der Waals surface area contributed by atoms with Crippen LogP contribution in [0.2, 0.25) is 0 Å². The highest BCUT2D eigenvalue weighted by molar-refractivity contribution is 5.95. The molecule has 2 N–H and O–H groups in total. The van der Waals surface area contributed by atoms with E-state index in [9.17, 15) is 9.59 Å². The second-order valence-electron chi connectivity index (χ2n) is 6.83. The zero-order valence-electron chi connectivity index (χ0n) is 14.8. The molecular formula is C19H27N3O3. The minimum atomic E-state index is -0.378. The summed E-state index contributed by atoms with van der Waals surface area (Å²) in [6.45, 7) is 0.601. The Balaban J connectivity index is 1.62. The molecule has 1 saturated carbocycles. The van der Waals surface area contributed by atoms with Crippen LogP contribution in [-0.2, 0) is 4.79 Å². The molecule has 2 fully saturated rings. The first kappa shape index (κ1) is 17.6. The number of methoxy groups -OCH3 is 1. The average molecular weight is 345 g/mol. The molecule has 3 rings (SSSR count). The fourth-order valence-electron chi connectivity index (χ4n) is 3.76. The van der Waals surface area contributed by atoms with Gasteiger partial charge in [0.2, 0.25) is 5.91 Å². The van der Waals surface area contributed by atoms with E-state index in [1.165, 1.54) is 19.3 Å². The van der Waals surface area contributed by atoms with Crippen LogP contribution in [0.15, 0.2) is 24.3 Å². The van der Waals surface area contributed by atoms with E-state index in [1.54, 1.807) is 24.1 Å². The van der Waals surface area contributed by atoms with E-state index in [4.69, 9.17) is 4.74 Å². The first-order chi connectivity index (χ1) is 12.2. The molecule has 0 radical (unpaired) electrons. The SMILES string of the molecule is COc1ccccc1NC(=O)N1CCC[C@@H]1C(=O)NC1CCCCC1. The summed E-state index contributed by atoms with van der Waals surface area (Å²) in [7, 11) is 1.57. The van der Waals surface area contributed by atoms with Gasteiger partial charge in [-0.05, 0) is 37.8 Å². The van der Waals surface area contributed by atoms with Crippen LogP contribution in [0.1, 0.15) is 44.9 Å². The molecule has 1 heterocycles. The number of anilines is 1. The lowest BCUT2D eigenvalue weighted by molar-refractivity contribution is -0.125. The van der Waals surface area contributed by atoms with Gasteiger partial charge >= 0.3 is 6.03 Å². The Hall–Kier alpha value is -2.24. The molecule has 1 aromatic rings. The van der Waals surface area contributed by atoms with Crippen LogP contribution in [0, 0.1) is 0 Å². The van der Waals surface area contributed by atoms with Gasteiger partial charge in [-0.2, -0.15) is 0 Å². The highest BCUT2D eigenvalue weighted by atomic mass is 16.5. The van der Waals surface area contributed by atoms with Crippen molar-refractivity contribution < 1.29 is 14.3 Å². The number of rotatable bonds is 4. The van der Waals surface area contributed by atoms with E-state index in [0.717, 1.165) is 25.7 Å². The second kappa shape index (κ2) is 8.23. The molecule has 2 aliphatic rings. The van der Waals surface area contributed by atoms with E-state index in [0.29, 0.717) is 18.0 Å². The number of hydrogen-bond acceptors (Lipinski definition) is 3. The molecule has 25 heavy (non-hydrogen) atoms. The molecule has 1 aromatic carbocycles. The number of carbonyl (C=O) groups excluding carboxylic acids is 2. The van der Waals surface area contributed by atoms with Crippen molar-refractivity contribution in [1.82, 2.24) is 10.2 Å². The molecule has 0 bridgehead atoms. The fourth-order valence-corrected chi connectivity index (χ4v) is 3.76. The predicted octanol–water partition coefficient (Wildman–Crippen LogP) is 3.14. The molecule has 0 unspecified atom stereocenters. The van der Waals surface area contributed by atoms with E-state index in [1.807, 2.05) is 12.1 Å². The lowest BCUT2D eigenvalue weighted by atomic mass is 9.95. The Morgan fingerprint density at radius 1 is 1.08 bits per heavy atom. The number of carbonyl (C=O) groups is 2. The van der Waals surface area contributed by atoms with Crippen molar-refractivity contribution in [2.75, 3.05) is 19.0 Å². The fraction of sp³-hybridized carbons (Fsp3) is 0.579. The van der Waals surface area contributed by atoms with Gasteiger partial charge in [0.25, 0.3) is 0 Å². The van der Waals surface area contributed by atoms with Crippen molar-refractivity contribution in [3.63, 3.8) is 0 Å². The molecule has 3 amide bonds. The Morgan fingerprint density at radius 2 is 1.84 bits per heavy atom. The quantitative estimate of drug-likeness (QED) is 0.881. The number of ether oxygens (including phenoxy) is 1. The van der Waals surface area contributed by atoms with Crippen LogP contribution < -0.4 is 15.4 Å². The van der Waals surface area contributed by atoms with E-state index >= 15 is 0 Å². The van der Waals surface area contributed by atoms with Crippen molar-refractivity contribution in [2.24, 2.45) is 0 Å². The highest BCUT2D eigenvalue weighted by Crippen LogP contribution is 2.26. The minimum absolute atomic E-state index is 0.0143. The van der Waals surface area contributed by atoms with Crippen LogP contribution in [0.25, 0.3) is 0 Å². The van der Waals surface area contributed by atoms with E-state index < -0.39 is 0 Å². The monoisotopic (exact) mass is 345 g/mol. The van der Waals surface area contributed by atoms with Crippen LogP contribution in [-0.4, -0.2) is 42.6 Å². The summed E-state index contributed by atoms with van der Waals surface area (Å²) in [4.78, 5) is 27.0. The van der Waals surface area contributed by atoms with Crippen molar-refractivity contribution in [1.29, 1.82) is 0 Å². The largest absolute Gasteiger partial charge is 0.495 e. The molecule has 1 aliphatic carbocycles. The zero-order chi connectivity index (χ0) is 17.6. The van der Waals surface area contributed by atoms with Gasteiger partial charge in [0, 0.05) is 12.6 Å². The average Bonchev–Trinajstić information content (AvgIpc) is 3.13. The molecule has 1 aliphatic heterocycles. The smallest absolute Gasteiger partial charge is 0.322 e. The van der Waals surface area contributed by atoms with Gasteiger partial charge < -0.3 is 20.3 Å². The summed E-state index contributed by atoms with van der Waals surface area (Å²) in [5, 5.41) is 6.02. The Morgan fingerprint density at radius 3 is 2.60 bits per heavy atom. The van der Waals surface area contributed by atoms with Crippen LogP contribution in [0.3, 0.4) is 0 Å². The standard InChI is InChI=1S/C19H27N3O3/c1-25-17-12-6-5-10-15(17)21-19(24)22-13-7-11-16(22)18(23)20-14-8-3-2-4-9-14/h5-6,10,12,14,16H,2-4,7-9,11,13H2,1H3,(H,20,23)(H,21,24)/t16-/m1/s1. The third kappa shape index (κ3) is 4.24. The number of likely N-dealkylation sites (tertiary alicyclic amines) is 1. The molecule has 6 nitrogen and oxygen atoms in total. The van der Waals surface area contributed by atoms with Gasteiger partial charge in [0.1, 0.15) is 11.8 Å². The maximum absolute atomic E-state index is 12.7. The van der Waals surface area contributed by atoms with Crippen LogP contribution >= 0.6 is 0 Å². The number of urea groups is 1. The van der Waals surface area contributed by atoms with E-state index in [2.05, 4.69) is 10.6 Å². The zero-order valence-corrected chi connectivity index (χ0v) is 14.8. The van der Waals surface area contributed by atoms with Gasteiger partial charge in [-0.1, -0.05) is 31.4 Å². The number of nitrogens with one attached hydrogen (secondary N) is 2. The normalized spacial score (nSPS) is 21.0. The molecule has 0 spiro atoms. The summed E-state index contributed by atoms with van der Waals surface area (Å²) in [5.41, 5.74) is 0.619. The summed E-state index contributed by atoms with van der Waals surface area (Å²) in [6, 6.07) is 6.93. The number of nitrogens with zero attached hydrogens (tertiary/aromatic N) is 1. The summed E-state index contributed by atoms with van der Waals surface area (Å²) in [6.07, 6.45) is 7.27. The molecular weight excluding hydrogens is 318 g/mol. The summed E-state index contributed by atoms with van der Waals surface area (Å²) >= 11 is 0. The summed E-state index contributed by atoms with van der Waals surface area (Å²) < 4.78 is 5.27. The number of hydrogen-bond donors (Lipinski definition) is 2. The molecule has 1 atom stereocenters. The highest BCUT2D eigenvalue weighted by Gasteiger charge is 2.35. The maximum Gasteiger partial charge on any atom is 0.322 e. The van der Waals surface area contributed by atoms with Crippen molar-refractivity contribution in [3.8, 4) is 5.75 Å². The van der Waals surface area contributed by atoms with Crippen molar-refractivity contribution in [3.05, 3.63) is 24.3 Å². The third-order valence-electron chi connectivity index (χ3n) is 5.12. The Labute approximate surface area is 148 Å². The number of benzene rings is 1. The second-order valence-corrected chi connectivity index (χ2v) is 6.83. The van der Waals surface area contributed by atoms with Crippen molar-refractivity contribution >= 4 is 17.6 Å². The Bertz CT molecular complexity index is 614. The van der Waals surface area contributed by atoms with Gasteiger partial charge in [0.05, 0.1) is 12.8 Å². The predicted molar refractivity (Wildman–Crippen MR) is 96.8 cm³/mol. The van der Waals surface area contributed by atoms with Gasteiger partial charge in [0.15, 0.2) is 0 Å². The number of para-hydroxylation sites is 2. The van der Waals surface area contributed by atoms with Gasteiger partial charge in [-0.3, -0.25) is 4.79 Å². The number of amides is 3. The van der Waals surface area contributed by atoms with E-state index in [-0.39, 0.29) is 24.0 Å². The molecule has 1 saturated heterocycles. The van der Waals surface area contributed by atoms with Gasteiger partial charge in [-0.15, -0.1) is 0 Å². The van der Waals surface area contributed by atoms with Crippen LogP contribution in [0.5, 0.6) is 5.75 Å². The maximum atomic E-state index is 12.7. The lowest BCUT2D eigenvalue weighted by Crippen LogP contribution is -2.50. The lowest BCUT2D eigenvalue weighted by Gasteiger charge is -2.28. The summed E-state index contributed by atoms with van der Waals surface area (Å²) in [5.74, 6) is 0.595. The third-order valence-corrected chi connectivity index (χ3v) is 5.12. The first-order valence-corrected chi connectivity index (χ1v) is 9.20. The Kier molecular flexibility index (Phi) is 5.79. The minimum Gasteiger partial charge on any atom is -0.495 e. The molecule has 136 valence electrons. The van der Waals surface area contributed by atoms with Crippen molar-refractivity contribution in [2.45, 2.75) is 57.0 Å². The van der Waals surface area contributed by atoms with Gasteiger partial charge in [-0.25, -0.2) is 4.79 Å². The molecule has 6 heteroatoms. The topological polar surface area (TPSA) is 70.7 Å².